The summed E-state index contributed by atoms with van der Waals surface area (Å²) < 4.78 is 43.5. The molecule has 0 bridgehead atoms. The number of hydrogen-bond donors (Lipinski definition) is 0. The third kappa shape index (κ3) is 4.18. The minimum absolute atomic E-state index is 0.0766. The number of fused-ring (bicyclic) bond motifs is 1. The molecule has 2 aromatic carbocycles. The van der Waals surface area contributed by atoms with Crippen LogP contribution in [-0.2, 0) is 10.0 Å². The molecule has 31 heavy (non-hydrogen) atoms. The van der Waals surface area contributed by atoms with Crippen LogP contribution < -0.4 is 0 Å². The third-order valence-corrected chi connectivity index (χ3v) is 7.73. The summed E-state index contributed by atoms with van der Waals surface area (Å²) in [5.74, 6) is -0.761. The minimum atomic E-state index is -3.82. The number of halogens is 1. The van der Waals surface area contributed by atoms with Crippen molar-refractivity contribution in [3.8, 4) is 0 Å². The summed E-state index contributed by atoms with van der Waals surface area (Å²) in [4.78, 5) is 10.7. The zero-order chi connectivity index (χ0) is 22.2. The predicted octanol–water partition coefficient (Wildman–Crippen LogP) is 5.01. The van der Waals surface area contributed by atoms with Crippen molar-refractivity contribution in [1.29, 1.82) is 0 Å². The highest BCUT2D eigenvalue weighted by Crippen LogP contribution is 2.41. The lowest BCUT2D eigenvalue weighted by Crippen LogP contribution is -2.42. The molecule has 1 aliphatic carbocycles. The number of piperidine rings is 1. The SMILES string of the molecule is Cc1ccc(S(=O)(=O)N2CC3=CCCC[C@@H]3/C(=C(/F)c3cccc([N+](=O)[O-])c3)C2)cc1. The second-order valence-electron chi connectivity index (χ2n) is 8.00. The van der Waals surface area contributed by atoms with Gasteiger partial charge in [-0.1, -0.05) is 41.5 Å². The Bertz CT molecular complexity index is 1190. The van der Waals surface area contributed by atoms with Crippen molar-refractivity contribution in [1.82, 2.24) is 4.31 Å². The molecule has 1 heterocycles. The molecule has 0 radical (unpaired) electrons. The summed E-state index contributed by atoms with van der Waals surface area (Å²) in [6, 6.07) is 12.0. The highest BCUT2D eigenvalue weighted by Gasteiger charge is 2.37. The van der Waals surface area contributed by atoms with E-state index in [1.165, 1.54) is 28.6 Å². The lowest BCUT2D eigenvalue weighted by atomic mass is 9.79. The maximum absolute atomic E-state index is 15.7. The van der Waals surface area contributed by atoms with Crippen LogP contribution >= 0.6 is 0 Å². The molecule has 1 saturated heterocycles. The van der Waals surface area contributed by atoms with Gasteiger partial charge in [-0.15, -0.1) is 0 Å². The predicted molar refractivity (Wildman–Crippen MR) is 116 cm³/mol. The van der Waals surface area contributed by atoms with Crippen LogP contribution in [0, 0.1) is 23.0 Å². The number of hydrogen-bond acceptors (Lipinski definition) is 4. The van der Waals surface area contributed by atoms with E-state index in [0.717, 1.165) is 30.4 Å². The van der Waals surface area contributed by atoms with E-state index < -0.39 is 20.8 Å². The molecule has 1 aliphatic heterocycles. The lowest BCUT2D eigenvalue weighted by Gasteiger charge is -2.38. The molecule has 6 nitrogen and oxygen atoms in total. The van der Waals surface area contributed by atoms with Crippen LogP contribution in [-0.4, -0.2) is 30.7 Å². The van der Waals surface area contributed by atoms with Crippen LogP contribution in [0.5, 0.6) is 0 Å². The number of nitro groups is 1. The smallest absolute Gasteiger partial charge is 0.258 e. The van der Waals surface area contributed by atoms with Crippen molar-refractivity contribution in [2.24, 2.45) is 5.92 Å². The fourth-order valence-electron chi connectivity index (χ4n) is 4.26. The van der Waals surface area contributed by atoms with Crippen LogP contribution in [0.1, 0.15) is 30.4 Å². The maximum atomic E-state index is 15.7. The standard InChI is InChI=1S/C23H23FN2O4S/c1-16-9-11-20(12-10-16)31(29,30)25-14-18-5-2-3-8-21(18)22(15-25)23(24)17-6-4-7-19(13-17)26(27)28/h4-7,9-13,21H,2-3,8,14-15H2,1H3/b23-22+/t21-/m0/s1. The van der Waals surface area contributed by atoms with Gasteiger partial charge in [0.2, 0.25) is 10.0 Å². The molecule has 2 aromatic rings. The fraction of sp³-hybridized carbons (Fsp3) is 0.304. The van der Waals surface area contributed by atoms with Gasteiger partial charge in [-0.2, -0.15) is 4.31 Å². The van der Waals surface area contributed by atoms with Gasteiger partial charge in [-0.05, 0) is 43.9 Å². The molecule has 1 atom stereocenters. The van der Waals surface area contributed by atoms with E-state index in [1.54, 1.807) is 24.3 Å². The van der Waals surface area contributed by atoms with E-state index >= 15 is 4.39 Å². The van der Waals surface area contributed by atoms with Crippen molar-refractivity contribution >= 4 is 21.5 Å². The van der Waals surface area contributed by atoms with E-state index in [2.05, 4.69) is 0 Å². The third-order valence-electron chi connectivity index (χ3n) is 5.93. The highest BCUT2D eigenvalue weighted by molar-refractivity contribution is 7.89. The molecule has 0 aromatic heterocycles. The molecule has 8 heteroatoms. The Morgan fingerprint density at radius 2 is 1.90 bits per heavy atom. The molecule has 0 spiro atoms. The van der Waals surface area contributed by atoms with Gasteiger partial charge < -0.3 is 0 Å². The van der Waals surface area contributed by atoms with Crippen molar-refractivity contribution in [3.05, 3.63) is 87.0 Å². The molecule has 0 N–H and O–H groups in total. The number of benzene rings is 2. The Kier molecular flexibility index (Phi) is 5.77. The molecule has 4 rings (SSSR count). The van der Waals surface area contributed by atoms with E-state index in [-0.39, 0.29) is 35.2 Å². The number of allylic oxidation sites excluding steroid dienone is 1. The summed E-state index contributed by atoms with van der Waals surface area (Å²) in [6.07, 6.45) is 4.47. The number of rotatable bonds is 4. The fourth-order valence-corrected chi connectivity index (χ4v) is 5.67. The van der Waals surface area contributed by atoms with Gasteiger partial charge in [0.15, 0.2) is 0 Å². The number of non-ortho nitro benzene ring substituents is 1. The van der Waals surface area contributed by atoms with Gasteiger partial charge in [0.25, 0.3) is 5.69 Å². The molecule has 0 amide bonds. The summed E-state index contributed by atoms with van der Waals surface area (Å²) in [5.41, 5.74) is 2.11. The van der Waals surface area contributed by atoms with Gasteiger partial charge in [-0.3, -0.25) is 10.1 Å². The van der Waals surface area contributed by atoms with Crippen LogP contribution in [0.2, 0.25) is 0 Å². The van der Waals surface area contributed by atoms with E-state index in [9.17, 15) is 18.5 Å². The second kappa shape index (κ2) is 8.36. The van der Waals surface area contributed by atoms with Gasteiger partial charge in [0.05, 0.1) is 9.82 Å². The van der Waals surface area contributed by atoms with E-state index in [0.29, 0.717) is 5.57 Å². The van der Waals surface area contributed by atoms with Crippen molar-refractivity contribution in [2.45, 2.75) is 31.1 Å². The summed E-state index contributed by atoms with van der Waals surface area (Å²) in [5, 5.41) is 11.1. The normalized spacial score (nSPS) is 21.2. The molecule has 2 aliphatic rings. The van der Waals surface area contributed by atoms with Crippen LogP contribution in [0.15, 0.2) is 70.6 Å². The Hall–Kier alpha value is -2.84. The molecule has 0 saturated carbocycles. The van der Waals surface area contributed by atoms with Crippen molar-refractivity contribution in [2.75, 3.05) is 13.1 Å². The molecular weight excluding hydrogens is 419 g/mol. The molecule has 0 unspecified atom stereocenters. The Balaban J connectivity index is 1.78. The average molecular weight is 443 g/mol. The largest absolute Gasteiger partial charge is 0.270 e. The summed E-state index contributed by atoms with van der Waals surface area (Å²) >= 11 is 0. The number of sulfonamides is 1. The van der Waals surface area contributed by atoms with E-state index in [4.69, 9.17) is 0 Å². The van der Waals surface area contributed by atoms with Crippen LogP contribution in [0.25, 0.3) is 5.83 Å². The monoisotopic (exact) mass is 442 g/mol. The minimum Gasteiger partial charge on any atom is -0.258 e. The first-order valence-electron chi connectivity index (χ1n) is 10.2. The van der Waals surface area contributed by atoms with Crippen molar-refractivity contribution in [3.63, 3.8) is 0 Å². The number of nitrogens with zero attached hydrogens (tertiary/aromatic N) is 2. The first-order chi connectivity index (χ1) is 14.8. The molecule has 162 valence electrons. The topological polar surface area (TPSA) is 80.5 Å². The lowest BCUT2D eigenvalue weighted by molar-refractivity contribution is -0.384. The van der Waals surface area contributed by atoms with E-state index in [1.807, 2.05) is 13.0 Å². The van der Waals surface area contributed by atoms with Crippen LogP contribution in [0.3, 0.4) is 0 Å². The molecular formula is C23H23FN2O4S. The van der Waals surface area contributed by atoms with Crippen molar-refractivity contribution < 1.29 is 17.7 Å². The van der Waals surface area contributed by atoms with Crippen LogP contribution in [0.4, 0.5) is 10.1 Å². The Labute approximate surface area is 180 Å². The summed E-state index contributed by atoms with van der Waals surface area (Å²) in [6.45, 7) is 2.03. The number of nitro benzene ring substituents is 1. The van der Waals surface area contributed by atoms with Gasteiger partial charge >= 0.3 is 0 Å². The maximum Gasteiger partial charge on any atom is 0.270 e. The van der Waals surface area contributed by atoms with Gasteiger partial charge in [0, 0.05) is 36.7 Å². The van der Waals surface area contributed by atoms with Gasteiger partial charge in [-0.25, -0.2) is 12.8 Å². The average Bonchev–Trinajstić information content (AvgIpc) is 2.78. The first-order valence-corrected chi connectivity index (χ1v) is 11.6. The summed E-state index contributed by atoms with van der Waals surface area (Å²) in [7, 11) is -3.82. The molecule has 1 fully saturated rings. The zero-order valence-corrected chi connectivity index (χ0v) is 17.9. The Morgan fingerprint density at radius 3 is 2.61 bits per heavy atom. The Morgan fingerprint density at radius 1 is 1.16 bits per heavy atom. The highest BCUT2D eigenvalue weighted by atomic mass is 32.2. The number of aryl methyl sites for hydroxylation is 1. The first kappa shape index (κ1) is 21.4. The quantitative estimate of drug-likeness (QED) is 0.378. The van der Waals surface area contributed by atoms with Gasteiger partial charge in [0.1, 0.15) is 5.83 Å². The second-order valence-corrected chi connectivity index (χ2v) is 9.93. The zero-order valence-electron chi connectivity index (χ0n) is 17.1.